The van der Waals surface area contributed by atoms with Crippen LogP contribution in [0.4, 0.5) is 5.69 Å². The molecular formula is C10H11N3O2. The van der Waals surface area contributed by atoms with Crippen LogP contribution in [-0.2, 0) is 6.42 Å². The van der Waals surface area contributed by atoms with Crippen molar-refractivity contribution in [1.82, 2.24) is 10.2 Å². The van der Waals surface area contributed by atoms with Gasteiger partial charge in [-0.2, -0.15) is 5.10 Å². The topological polar surface area (TPSA) is 70.9 Å². The Kier molecular flexibility index (Phi) is 2.53. The Bertz CT molecular complexity index is 445. The van der Waals surface area contributed by atoms with Crippen molar-refractivity contribution < 1.29 is 9.21 Å². The summed E-state index contributed by atoms with van der Waals surface area (Å²) in [5.41, 5.74) is 1.21. The molecule has 0 saturated heterocycles. The zero-order valence-corrected chi connectivity index (χ0v) is 8.28. The van der Waals surface area contributed by atoms with Crippen molar-refractivity contribution in [3.8, 4) is 0 Å². The summed E-state index contributed by atoms with van der Waals surface area (Å²) in [6.45, 7) is 1.94. The number of amides is 1. The van der Waals surface area contributed by atoms with Crippen LogP contribution in [0.25, 0.3) is 0 Å². The lowest BCUT2D eigenvalue weighted by Gasteiger charge is -2.00. The minimum absolute atomic E-state index is 0.179. The quantitative estimate of drug-likeness (QED) is 0.802. The van der Waals surface area contributed by atoms with Crippen LogP contribution in [0.15, 0.2) is 29.1 Å². The molecule has 2 rings (SSSR count). The van der Waals surface area contributed by atoms with Gasteiger partial charge in [0.15, 0.2) is 0 Å². The van der Waals surface area contributed by atoms with Gasteiger partial charge in [0.05, 0.1) is 23.7 Å². The van der Waals surface area contributed by atoms with Gasteiger partial charge in [-0.25, -0.2) is 0 Å². The van der Waals surface area contributed by atoms with Crippen molar-refractivity contribution in [3.63, 3.8) is 0 Å². The molecule has 5 nitrogen and oxygen atoms in total. The van der Waals surface area contributed by atoms with Crippen molar-refractivity contribution in [3.05, 3.63) is 36.0 Å². The minimum Gasteiger partial charge on any atom is -0.469 e. The Morgan fingerprint density at radius 3 is 3.20 bits per heavy atom. The maximum absolute atomic E-state index is 11.7. The molecule has 0 aliphatic carbocycles. The number of aromatic nitrogens is 2. The van der Waals surface area contributed by atoms with E-state index in [1.165, 1.54) is 6.26 Å². The van der Waals surface area contributed by atoms with Crippen LogP contribution >= 0.6 is 0 Å². The lowest BCUT2D eigenvalue weighted by atomic mass is 10.2. The van der Waals surface area contributed by atoms with Crippen LogP contribution < -0.4 is 5.32 Å². The molecule has 1 amide bonds. The fraction of sp³-hybridized carbons (Fsp3) is 0.200. The number of nitrogens with zero attached hydrogens (tertiary/aromatic N) is 1. The second-order valence-electron chi connectivity index (χ2n) is 3.05. The van der Waals surface area contributed by atoms with E-state index in [0.717, 1.165) is 0 Å². The summed E-state index contributed by atoms with van der Waals surface area (Å²) in [6, 6.07) is 1.66. The van der Waals surface area contributed by atoms with Crippen LogP contribution in [0.2, 0.25) is 0 Å². The Labute approximate surface area is 86.5 Å². The number of carbonyl (C=O) groups is 1. The molecule has 0 atom stereocenters. The number of rotatable bonds is 3. The Balaban J connectivity index is 2.15. The summed E-state index contributed by atoms with van der Waals surface area (Å²) in [5.74, 6) is 0.512. The summed E-state index contributed by atoms with van der Waals surface area (Å²) in [6.07, 6.45) is 5.37. The fourth-order valence-corrected chi connectivity index (χ4v) is 1.33. The molecule has 78 valence electrons. The van der Waals surface area contributed by atoms with Gasteiger partial charge in [0.25, 0.3) is 5.91 Å². The van der Waals surface area contributed by atoms with Crippen LogP contribution in [-0.4, -0.2) is 16.1 Å². The van der Waals surface area contributed by atoms with Crippen molar-refractivity contribution in [1.29, 1.82) is 0 Å². The third kappa shape index (κ3) is 1.90. The number of anilines is 1. The van der Waals surface area contributed by atoms with Crippen molar-refractivity contribution >= 4 is 11.6 Å². The van der Waals surface area contributed by atoms with E-state index in [2.05, 4.69) is 15.5 Å². The van der Waals surface area contributed by atoms with Gasteiger partial charge in [-0.3, -0.25) is 9.89 Å². The number of aryl methyl sites for hydroxylation is 1. The highest BCUT2D eigenvalue weighted by Gasteiger charge is 2.13. The highest BCUT2D eigenvalue weighted by atomic mass is 16.3. The van der Waals surface area contributed by atoms with Crippen molar-refractivity contribution in [2.45, 2.75) is 13.3 Å². The van der Waals surface area contributed by atoms with E-state index in [-0.39, 0.29) is 5.91 Å². The molecule has 0 saturated carbocycles. The van der Waals surface area contributed by atoms with Gasteiger partial charge in [-0.15, -0.1) is 0 Å². The average Bonchev–Trinajstić information content (AvgIpc) is 2.86. The number of carbonyl (C=O) groups excluding carboxylic acids is 1. The van der Waals surface area contributed by atoms with Gasteiger partial charge in [0, 0.05) is 12.6 Å². The summed E-state index contributed by atoms with van der Waals surface area (Å²) >= 11 is 0. The minimum atomic E-state index is -0.179. The van der Waals surface area contributed by atoms with E-state index in [1.54, 1.807) is 18.5 Å². The number of H-pyrrole nitrogens is 1. The number of nitrogens with one attached hydrogen (secondary N) is 2. The number of furan rings is 1. The summed E-state index contributed by atoms with van der Waals surface area (Å²) in [4.78, 5) is 11.7. The first kappa shape index (κ1) is 9.51. The molecule has 0 aromatic carbocycles. The maximum atomic E-state index is 11.7. The number of aromatic amines is 1. The second kappa shape index (κ2) is 4.00. The predicted molar refractivity (Wildman–Crippen MR) is 54.6 cm³/mol. The van der Waals surface area contributed by atoms with E-state index >= 15 is 0 Å². The van der Waals surface area contributed by atoms with Crippen molar-refractivity contribution in [2.24, 2.45) is 0 Å². The molecule has 0 aliphatic heterocycles. The van der Waals surface area contributed by atoms with E-state index in [0.29, 0.717) is 23.4 Å². The van der Waals surface area contributed by atoms with E-state index in [9.17, 15) is 4.79 Å². The van der Waals surface area contributed by atoms with Crippen LogP contribution in [0.3, 0.4) is 0 Å². The molecule has 2 aromatic heterocycles. The van der Waals surface area contributed by atoms with Gasteiger partial charge in [-0.05, 0) is 6.07 Å². The number of hydrogen-bond acceptors (Lipinski definition) is 3. The van der Waals surface area contributed by atoms with E-state index < -0.39 is 0 Å². The molecule has 2 N–H and O–H groups in total. The predicted octanol–water partition coefficient (Wildman–Crippen LogP) is 1.82. The van der Waals surface area contributed by atoms with Crippen LogP contribution in [0, 0.1) is 0 Å². The first-order valence-corrected chi connectivity index (χ1v) is 4.67. The highest BCUT2D eigenvalue weighted by molar-refractivity contribution is 6.04. The normalized spacial score (nSPS) is 10.2. The Morgan fingerprint density at radius 1 is 1.67 bits per heavy atom. The maximum Gasteiger partial charge on any atom is 0.259 e. The van der Waals surface area contributed by atoms with Crippen molar-refractivity contribution in [2.75, 3.05) is 5.32 Å². The van der Waals surface area contributed by atoms with Gasteiger partial charge < -0.3 is 9.73 Å². The fourth-order valence-electron chi connectivity index (χ4n) is 1.33. The molecule has 15 heavy (non-hydrogen) atoms. The summed E-state index contributed by atoms with van der Waals surface area (Å²) in [7, 11) is 0. The molecule has 5 heteroatoms. The Hall–Kier alpha value is -2.04. The molecule has 0 fully saturated rings. The SMILES string of the molecule is CCc1occc1C(=O)Nc1cn[nH]c1. The lowest BCUT2D eigenvalue weighted by molar-refractivity contribution is 0.102. The average molecular weight is 205 g/mol. The largest absolute Gasteiger partial charge is 0.469 e. The monoisotopic (exact) mass is 205 g/mol. The molecule has 2 aromatic rings. The third-order valence-electron chi connectivity index (χ3n) is 2.07. The number of hydrogen-bond donors (Lipinski definition) is 2. The third-order valence-corrected chi connectivity index (χ3v) is 2.07. The van der Waals surface area contributed by atoms with Gasteiger partial charge in [-0.1, -0.05) is 6.92 Å². The molecule has 0 aliphatic rings. The second-order valence-corrected chi connectivity index (χ2v) is 3.05. The van der Waals surface area contributed by atoms with Crippen LogP contribution in [0.1, 0.15) is 23.0 Å². The lowest BCUT2D eigenvalue weighted by Crippen LogP contribution is -2.12. The molecule has 0 unspecified atom stereocenters. The van der Waals surface area contributed by atoms with Gasteiger partial charge >= 0.3 is 0 Å². The summed E-state index contributed by atoms with van der Waals surface area (Å²) in [5, 5.41) is 9.06. The highest BCUT2D eigenvalue weighted by Crippen LogP contribution is 2.13. The standard InChI is InChI=1S/C10H11N3O2/c1-2-9-8(3-4-15-9)10(14)13-7-5-11-12-6-7/h3-6H,2H2,1H3,(H,11,12)(H,13,14). The molecule has 2 heterocycles. The summed E-state index contributed by atoms with van der Waals surface area (Å²) < 4.78 is 5.17. The molecule has 0 radical (unpaired) electrons. The molecule has 0 bridgehead atoms. The van der Waals surface area contributed by atoms with Gasteiger partial charge in [0.2, 0.25) is 0 Å². The smallest absolute Gasteiger partial charge is 0.259 e. The van der Waals surface area contributed by atoms with Crippen LogP contribution in [0.5, 0.6) is 0 Å². The van der Waals surface area contributed by atoms with E-state index in [1.807, 2.05) is 6.92 Å². The Morgan fingerprint density at radius 2 is 2.53 bits per heavy atom. The first-order chi connectivity index (χ1) is 7.31. The van der Waals surface area contributed by atoms with E-state index in [4.69, 9.17) is 4.42 Å². The van der Waals surface area contributed by atoms with Gasteiger partial charge in [0.1, 0.15) is 5.76 Å². The first-order valence-electron chi connectivity index (χ1n) is 4.67. The molecule has 0 spiro atoms. The zero-order chi connectivity index (χ0) is 10.7. The molecular weight excluding hydrogens is 194 g/mol. The zero-order valence-electron chi connectivity index (χ0n) is 8.28.